The molecule has 0 aromatic heterocycles. The predicted molar refractivity (Wildman–Crippen MR) is 96.0 cm³/mol. The standard InChI is InChI=1S/C19H19BO3/c1-20(21)16-7-4-13(5-8-16)14-6-9-18-15(10-14)11-17(22-2)12-19(18)23-3/h4-12,21H,1-3H3. The average molecular weight is 306 g/mol. The molecule has 0 heterocycles. The minimum absolute atomic E-state index is 0.450. The van der Waals surface area contributed by atoms with Gasteiger partial charge >= 0.3 is 6.92 Å². The second kappa shape index (κ2) is 6.35. The van der Waals surface area contributed by atoms with E-state index >= 15 is 0 Å². The Labute approximate surface area is 136 Å². The van der Waals surface area contributed by atoms with E-state index in [9.17, 15) is 5.02 Å². The maximum Gasteiger partial charge on any atom is 0.320 e. The van der Waals surface area contributed by atoms with E-state index in [2.05, 4.69) is 18.2 Å². The van der Waals surface area contributed by atoms with E-state index in [-0.39, 0.29) is 0 Å². The van der Waals surface area contributed by atoms with Gasteiger partial charge in [-0.2, -0.15) is 0 Å². The molecule has 0 bridgehead atoms. The van der Waals surface area contributed by atoms with Crippen molar-refractivity contribution < 1.29 is 14.5 Å². The Bertz CT molecular complexity index is 826. The van der Waals surface area contributed by atoms with Crippen LogP contribution >= 0.6 is 0 Å². The fourth-order valence-corrected chi connectivity index (χ4v) is 2.73. The molecule has 0 saturated heterocycles. The number of rotatable bonds is 4. The monoisotopic (exact) mass is 306 g/mol. The summed E-state index contributed by atoms with van der Waals surface area (Å²) in [6, 6.07) is 18.1. The molecule has 0 unspecified atom stereocenters. The molecule has 0 aliphatic rings. The minimum Gasteiger partial charge on any atom is -0.497 e. The van der Waals surface area contributed by atoms with Crippen molar-refractivity contribution in [2.45, 2.75) is 6.82 Å². The van der Waals surface area contributed by atoms with Gasteiger partial charge in [-0.15, -0.1) is 0 Å². The van der Waals surface area contributed by atoms with Crippen LogP contribution in [0.4, 0.5) is 0 Å². The number of methoxy groups -OCH3 is 2. The molecule has 23 heavy (non-hydrogen) atoms. The van der Waals surface area contributed by atoms with E-state index < -0.39 is 6.92 Å². The summed E-state index contributed by atoms with van der Waals surface area (Å²) in [6.45, 7) is 1.32. The number of ether oxygens (including phenoxy) is 2. The smallest absolute Gasteiger partial charge is 0.320 e. The number of hydrogen-bond donors (Lipinski definition) is 1. The van der Waals surface area contributed by atoms with Gasteiger partial charge < -0.3 is 14.5 Å². The SMILES string of the molecule is COc1cc(OC)c2ccc(-c3ccc(B(C)O)cc3)cc2c1. The maximum atomic E-state index is 9.61. The van der Waals surface area contributed by atoms with E-state index in [0.717, 1.165) is 38.9 Å². The first kappa shape index (κ1) is 15.4. The fraction of sp³-hybridized carbons (Fsp3) is 0.158. The van der Waals surface area contributed by atoms with Crippen LogP contribution in [-0.2, 0) is 0 Å². The summed E-state index contributed by atoms with van der Waals surface area (Å²) in [6.07, 6.45) is 0. The predicted octanol–water partition coefficient (Wildman–Crippen LogP) is 3.34. The van der Waals surface area contributed by atoms with Crippen LogP contribution < -0.4 is 14.9 Å². The fourth-order valence-electron chi connectivity index (χ4n) is 2.73. The maximum absolute atomic E-state index is 9.61. The van der Waals surface area contributed by atoms with E-state index in [0.29, 0.717) is 0 Å². The highest BCUT2D eigenvalue weighted by Crippen LogP contribution is 2.33. The van der Waals surface area contributed by atoms with Crippen molar-refractivity contribution in [3.63, 3.8) is 0 Å². The lowest BCUT2D eigenvalue weighted by atomic mass is 9.64. The van der Waals surface area contributed by atoms with Crippen molar-refractivity contribution >= 4 is 23.2 Å². The summed E-state index contributed by atoms with van der Waals surface area (Å²) in [5.74, 6) is 1.58. The highest BCUT2D eigenvalue weighted by molar-refractivity contribution is 6.64. The van der Waals surface area contributed by atoms with Crippen LogP contribution in [0.2, 0.25) is 6.82 Å². The van der Waals surface area contributed by atoms with Crippen LogP contribution in [0.1, 0.15) is 0 Å². The molecule has 0 saturated carbocycles. The van der Waals surface area contributed by atoms with E-state index in [1.165, 1.54) is 0 Å². The Hall–Kier alpha value is -2.46. The first-order chi connectivity index (χ1) is 11.1. The number of fused-ring (bicyclic) bond motifs is 1. The zero-order valence-corrected chi connectivity index (χ0v) is 13.5. The summed E-state index contributed by atoms with van der Waals surface area (Å²) in [7, 11) is 3.32. The van der Waals surface area contributed by atoms with Crippen molar-refractivity contribution in [1.29, 1.82) is 0 Å². The van der Waals surface area contributed by atoms with Gasteiger partial charge in [0.05, 0.1) is 14.2 Å². The van der Waals surface area contributed by atoms with Crippen LogP contribution in [0.25, 0.3) is 21.9 Å². The van der Waals surface area contributed by atoms with Crippen LogP contribution in [0.5, 0.6) is 11.5 Å². The second-order valence-corrected chi connectivity index (χ2v) is 5.56. The summed E-state index contributed by atoms with van der Waals surface area (Å²) >= 11 is 0. The van der Waals surface area contributed by atoms with Gasteiger partial charge in [-0.25, -0.2) is 0 Å². The van der Waals surface area contributed by atoms with Gasteiger partial charge in [0.15, 0.2) is 0 Å². The molecule has 0 aliphatic heterocycles. The summed E-state index contributed by atoms with van der Waals surface area (Å²) in [5, 5.41) is 11.7. The van der Waals surface area contributed by atoms with Gasteiger partial charge in [0.25, 0.3) is 0 Å². The molecule has 0 amide bonds. The minimum atomic E-state index is -0.450. The Morgan fingerprint density at radius 3 is 2.13 bits per heavy atom. The van der Waals surface area contributed by atoms with Crippen molar-refractivity contribution in [1.82, 2.24) is 0 Å². The van der Waals surface area contributed by atoms with E-state index in [1.54, 1.807) is 21.0 Å². The highest BCUT2D eigenvalue weighted by atomic mass is 16.5. The normalized spacial score (nSPS) is 10.6. The first-order valence-electron chi connectivity index (χ1n) is 7.56. The molecule has 3 aromatic rings. The molecular weight excluding hydrogens is 287 g/mol. The Balaban J connectivity index is 2.08. The second-order valence-electron chi connectivity index (χ2n) is 5.56. The summed E-state index contributed by atoms with van der Waals surface area (Å²) in [4.78, 5) is 0. The zero-order chi connectivity index (χ0) is 16.4. The Morgan fingerprint density at radius 1 is 0.826 bits per heavy atom. The quantitative estimate of drug-likeness (QED) is 0.751. The third-order valence-corrected chi connectivity index (χ3v) is 4.07. The van der Waals surface area contributed by atoms with Gasteiger partial charge in [-0.05, 0) is 34.1 Å². The Kier molecular flexibility index (Phi) is 4.26. The molecule has 3 nitrogen and oxygen atoms in total. The molecule has 1 N–H and O–H groups in total. The van der Waals surface area contributed by atoms with Crippen molar-refractivity contribution in [2.24, 2.45) is 0 Å². The largest absolute Gasteiger partial charge is 0.497 e. The van der Waals surface area contributed by atoms with Crippen molar-refractivity contribution in [3.05, 3.63) is 54.6 Å². The molecular formula is C19H19BO3. The summed E-state index contributed by atoms with van der Waals surface area (Å²) in [5.41, 5.74) is 3.14. The number of hydrogen-bond acceptors (Lipinski definition) is 3. The van der Waals surface area contributed by atoms with Crippen LogP contribution in [0, 0.1) is 0 Å². The van der Waals surface area contributed by atoms with E-state index in [1.807, 2.05) is 36.4 Å². The third-order valence-electron chi connectivity index (χ3n) is 4.07. The number of benzene rings is 3. The molecule has 3 aromatic carbocycles. The molecule has 3 rings (SSSR count). The molecule has 0 atom stereocenters. The molecule has 116 valence electrons. The first-order valence-corrected chi connectivity index (χ1v) is 7.56. The van der Waals surface area contributed by atoms with Gasteiger partial charge in [-0.3, -0.25) is 0 Å². The molecule has 0 fully saturated rings. The van der Waals surface area contributed by atoms with Gasteiger partial charge in [0.1, 0.15) is 11.5 Å². The lowest BCUT2D eigenvalue weighted by Gasteiger charge is -2.11. The Morgan fingerprint density at radius 2 is 1.52 bits per heavy atom. The molecule has 0 radical (unpaired) electrons. The third kappa shape index (κ3) is 3.03. The van der Waals surface area contributed by atoms with Crippen LogP contribution in [-0.4, -0.2) is 26.2 Å². The topological polar surface area (TPSA) is 38.7 Å². The van der Waals surface area contributed by atoms with Crippen LogP contribution in [0.3, 0.4) is 0 Å². The van der Waals surface area contributed by atoms with Crippen molar-refractivity contribution in [3.8, 4) is 22.6 Å². The lowest BCUT2D eigenvalue weighted by molar-refractivity contribution is 0.398. The average Bonchev–Trinajstić information content (AvgIpc) is 2.60. The zero-order valence-electron chi connectivity index (χ0n) is 13.5. The molecule has 0 spiro atoms. The summed E-state index contributed by atoms with van der Waals surface area (Å²) < 4.78 is 10.8. The van der Waals surface area contributed by atoms with Crippen molar-refractivity contribution in [2.75, 3.05) is 14.2 Å². The van der Waals surface area contributed by atoms with Crippen LogP contribution in [0.15, 0.2) is 54.6 Å². The molecule has 0 aliphatic carbocycles. The van der Waals surface area contributed by atoms with Gasteiger partial charge in [0, 0.05) is 11.5 Å². The van der Waals surface area contributed by atoms with E-state index in [4.69, 9.17) is 9.47 Å². The molecule has 4 heteroatoms. The highest BCUT2D eigenvalue weighted by Gasteiger charge is 2.09. The lowest BCUT2D eigenvalue weighted by Crippen LogP contribution is -2.25. The van der Waals surface area contributed by atoms with Gasteiger partial charge in [0.2, 0.25) is 0 Å². The van der Waals surface area contributed by atoms with Gasteiger partial charge in [-0.1, -0.05) is 43.2 Å².